The van der Waals surface area contributed by atoms with E-state index in [1.165, 1.54) is 7.11 Å². The lowest BCUT2D eigenvalue weighted by Crippen LogP contribution is -2.51. The van der Waals surface area contributed by atoms with E-state index in [1.54, 1.807) is 0 Å². The van der Waals surface area contributed by atoms with Crippen molar-refractivity contribution in [3.05, 3.63) is 0 Å². The van der Waals surface area contributed by atoms with Gasteiger partial charge < -0.3 is 14.8 Å². The molecular formula is C8H15NO3. The van der Waals surface area contributed by atoms with Gasteiger partial charge in [-0.05, 0) is 6.42 Å². The molecule has 0 saturated carbocycles. The van der Waals surface area contributed by atoms with Crippen LogP contribution in [0.15, 0.2) is 0 Å². The van der Waals surface area contributed by atoms with Gasteiger partial charge in [-0.2, -0.15) is 0 Å². The molecule has 0 aromatic rings. The Labute approximate surface area is 72.2 Å². The fourth-order valence-corrected chi connectivity index (χ4v) is 1.04. The highest BCUT2D eigenvalue weighted by Crippen LogP contribution is 2.07. The number of hydrogen-bond acceptors (Lipinski definition) is 4. The highest BCUT2D eigenvalue weighted by Gasteiger charge is 2.25. The predicted molar refractivity (Wildman–Crippen MR) is 43.8 cm³/mol. The molecule has 0 aromatic carbocycles. The molecule has 1 N–H and O–H groups in total. The number of rotatable bonds is 4. The first-order valence-corrected chi connectivity index (χ1v) is 4.22. The summed E-state index contributed by atoms with van der Waals surface area (Å²) in [6, 6.07) is 0. The third-order valence-corrected chi connectivity index (χ3v) is 1.94. The molecule has 0 radical (unpaired) electrons. The molecule has 1 saturated heterocycles. The monoisotopic (exact) mass is 173 g/mol. The number of hydrogen-bond donors (Lipinski definition) is 1. The molecular weight excluding hydrogens is 158 g/mol. The van der Waals surface area contributed by atoms with Crippen LogP contribution >= 0.6 is 0 Å². The Hall–Kier alpha value is -0.610. The van der Waals surface area contributed by atoms with Crippen molar-refractivity contribution in [1.29, 1.82) is 0 Å². The number of esters is 1. The first-order valence-electron chi connectivity index (χ1n) is 4.22. The Balaban J connectivity index is 2.28. The van der Waals surface area contributed by atoms with Gasteiger partial charge in [0.05, 0.1) is 13.2 Å². The van der Waals surface area contributed by atoms with Crippen LogP contribution in [0.25, 0.3) is 0 Å². The van der Waals surface area contributed by atoms with Gasteiger partial charge >= 0.3 is 5.97 Å². The summed E-state index contributed by atoms with van der Waals surface area (Å²) >= 11 is 0. The average molecular weight is 173 g/mol. The molecule has 12 heavy (non-hydrogen) atoms. The van der Waals surface area contributed by atoms with Gasteiger partial charge in [-0.15, -0.1) is 0 Å². The summed E-state index contributed by atoms with van der Waals surface area (Å²) in [6.07, 6.45) is 0.472. The Kier molecular flexibility index (Phi) is 3.49. The number of carbonyl (C=O) groups is 1. The molecule has 4 nitrogen and oxygen atoms in total. The Morgan fingerprint density at radius 2 is 2.33 bits per heavy atom. The van der Waals surface area contributed by atoms with E-state index >= 15 is 0 Å². The van der Waals surface area contributed by atoms with Crippen molar-refractivity contribution in [1.82, 2.24) is 5.32 Å². The molecule has 0 amide bonds. The highest BCUT2D eigenvalue weighted by atomic mass is 16.6. The van der Waals surface area contributed by atoms with Crippen molar-refractivity contribution in [3.8, 4) is 0 Å². The molecule has 70 valence electrons. The maximum atomic E-state index is 11.1. The maximum Gasteiger partial charge on any atom is 0.334 e. The molecule has 1 atom stereocenters. The zero-order chi connectivity index (χ0) is 8.97. The van der Waals surface area contributed by atoms with Crippen LogP contribution in [0.1, 0.15) is 13.3 Å². The zero-order valence-corrected chi connectivity index (χ0v) is 7.50. The van der Waals surface area contributed by atoms with Crippen LogP contribution in [0.4, 0.5) is 0 Å². The third kappa shape index (κ3) is 2.19. The summed E-state index contributed by atoms with van der Waals surface area (Å²) in [5, 5.41) is 3.07. The second-order valence-corrected chi connectivity index (χ2v) is 2.84. The van der Waals surface area contributed by atoms with Crippen molar-refractivity contribution in [3.63, 3.8) is 0 Å². The maximum absolute atomic E-state index is 11.1. The number of ether oxygens (including phenoxy) is 2. The number of nitrogens with one attached hydrogen (secondary N) is 1. The van der Waals surface area contributed by atoms with Crippen LogP contribution in [0.5, 0.6) is 0 Å². The van der Waals surface area contributed by atoms with Gasteiger partial charge in [0.2, 0.25) is 0 Å². The van der Waals surface area contributed by atoms with Crippen LogP contribution in [0.3, 0.4) is 0 Å². The third-order valence-electron chi connectivity index (χ3n) is 1.94. The van der Waals surface area contributed by atoms with E-state index in [2.05, 4.69) is 10.1 Å². The van der Waals surface area contributed by atoms with E-state index in [0.717, 1.165) is 13.1 Å². The first kappa shape index (κ1) is 9.48. The lowest BCUT2D eigenvalue weighted by Gasteiger charge is -2.29. The van der Waals surface area contributed by atoms with Crippen molar-refractivity contribution < 1.29 is 14.3 Å². The van der Waals surface area contributed by atoms with Gasteiger partial charge in [-0.25, -0.2) is 4.79 Å². The van der Waals surface area contributed by atoms with Gasteiger partial charge in [-0.1, -0.05) is 6.92 Å². The molecule has 0 aromatic heterocycles. The minimum Gasteiger partial charge on any atom is -0.467 e. The van der Waals surface area contributed by atoms with Gasteiger partial charge in [0, 0.05) is 13.1 Å². The van der Waals surface area contributed by atoms with Crippen LogP contribution in [-0.2, 0) is 14.3 Å². The van der Waals surface area contributed by atoms with E-state index in [-0.39, 0.29) is 18.2 Å². The second-order valence-electron chi connectivity index (χ2n) is 2.84. The lowest BCUT2D eigenvalue weighted by molar-refractivity contribution is -0.160. The Morgan fingerprint density at radius 3 is 2.67 bits per heavy atom. The van der Waals surface area contributed by atoms with Gasteiger partial charge in [0.15, 0.2) is 6.10 Å². The fraction of sp³-hybridized carbons (Fsp3) is 0.875. The van der Waals surface area contributed by atoms with E-state index in [9.17, 15) is 4.79 Å². The summed E-state index contributed by atoms with van der Waals surface area (Å²) in [4.78, 5) is 11.1. The summed E-state index contributed by atoms with van der Waals surface area (Å²) < 4.78 is 10.0. The lowest BCUT2D eigenvalue weighted by atomic mass is 10.2. The smallest absolute Gasteiger partial charge is 0.334 e. The summed E-state index contributed by atoms with van der Waals surface area (Å²) in [7, 11) is 1.38. The Bertz CT molecular complexity index is 156. The van der Waals surface area contributed by atoms with Crippen LogP contribution in [-0.4, -0.2) is 38.4 Å². The predicted octanol–water partition coefficient (Wildman–Crippen LogP) is -0.0736. The van der Waals surface area contributed by atoms with E-state index in [0.29, 0.717) is 6.42 Å². The summed E-state index contributed by atoms with van der Waals surface area (Å²) in [5.74, 6) is -0.274. The highest BCUT2D eigenvalue weighted by molar-refractivity contribution is 5.74. The molecule has 1 unspecified atom stereocenters. The SMILES string of the molecule is CCC(OC1CNC1)C(=O)OC. The van der Waals surface area contributed by atoms with E-state index < -0.39 is 0 Å². The zero-order valence-electron chi connectivity index (χ0n) is 7.50. The Morgan fingerprint density at radius 1 is 1.67 bits per heavy atom. The van der Waals surface area contributed by atoms with Crippen molar-refractivity contribution in [2.45, 2.75) is 25.6 Å². The normalized spacial score (nSPS) is 19.8. The van der Waals surface area contributed by atoms with Gasteiger partial charge in [-0.3, -0.25) is 0 Å². The first-order chi connectivity index (χ1) is 5.77. The molecule has 1 rings (SSSR count). The van der Waals surface area contributed by atoms with Crippen molar-refractivity contribution >= 4 is 5.97 Å². The second kappa shape index (κ2) is 4.42. The molecule has 1 aliphatic rings. The van der Waals surface area contributed by atoms with Gasteiger partial charge in [0.1, 0.15) is 0 Å². The fourth-order valence-electron chi connectivity index (χ4n) is 1.04. The van der Waals surface area contributed by atoms with Crippen LogP contribution in [0.2, 0.25) is 0 Å². The largest absolute Gasteiger partial charge is 0.467 e. The molecule has 0 aliphatic carbocycles. The average Bonchev–Trinajstić information content (AvgIpc) is 2.02. The molecule has 0 bridgehead atoms. The molecule has 4 heteroatoms. The topological polar surface area (TPSA) is 47.6 Å². The minimum atomic E-state index is -0.387. The minimum absolute atomic E-state index is 0.189. The molecule has 0 spiro atoms. The van der Waals surface area contributed by atoms with Crippen LogP contribution in [0, 0.1) is 0 Å². The van der Waals surface area contributed by atoms with E-state index in [4.69, 9.17) is 4.74 Å². The molecule has 1 fully saturated rings. The quantitative estimate of drug-likeness (QED) is 0.604. The van der Waals surface area contributed by atoms with Gasteiger partial charge in [0.25, 0.3) is 0 Å². The number of carbonyl (C=O) groups excluding carboxylic acids is 1. The summed E-state index contributed by atoms with van der Waals surface area (Å²) in [5.41, 5.74) is 0. The number of methoxy groups -OCH3 is 1. The standard InChI is InChI=1S/C8H15NO3/c1-3-7(8(10)11-2)12-6-4-9-5-6/h6-7,9H,3-5H2,1-2H3. The van der Waals surface area contributed by atoms with Crippen LogP contribution < -0.4 is 5.32 Å². The molecule has 1 aliphatic heterocycles. The van der Waals surface area contributed by atoms with E-state index in [1.807, 2.05) is 6.92 Å². The van der Waals surface area contributed by atoms with Crippen molar-refractivity contribution in [2.24, 2.45) is 0 Å². The molecule has 1 heterocycles. The summed E-state index contributed by atoms with van der Waals surface area (Å²) in [6.45, 7) is 3.59. The van der Waals surface area contributed by atoms with Crippen molar-refractivity contribution in [2.75, 3.05) is 20.2 Å².